The van der Waals surface area contributed by atoms with Crippen LogP contribution in [0.15, 0.2) is 21.6 Å². The first-order chi connectivity index (χ1) is 13.6. The number of aliphatic imine (C=N–C) groups is 1. The van der Waals surface area contributed by atoms with Crippen LogP contribution in [0.1, 0.15) is 43.4 Å². The van der Waals surface area contributed by atoms with Gasteiger partial charge in [-0.1, -0.05) is 19.0 Å². The molecule has 0 radical (unpaired) electrons. The summed E-state index contributed by atoms with van der Waals surface area (Å²) in [6.45, 7) is 7.84. The quantitative estimate of drug-likeness (QED) is 0.447. The van der Waals surface area contributed by atoms with Crippen molar-refractivity contribution in [1.82, 2.24) is 15.8 Å². The Balaban J connectivity index is 2.16. The molecular weight excluding hydrogens is 360 g/mol. The Labute approximate surface area is 165 Å². The van der Waals surface area contributed by atoms with Crippen molar-refractivity contribution in [2.24, 2.45) is 4.99 Å². The number of rotatable bonds is 9. The highest BCUT2D eigenvalue weighted by molar-refractivity contribution is 5.79. The van der Waals surface area contributed by atoms with Gasteiger partial charge in [-0.05, 0) is 31.0 Å². The molecule has 0 saturated carbocycles. The predicted molar refractivity (Wildman–Crippen MR) is 108 cm³/mol. The van der Waals surface area contributed by atoms with Gasteiger partial charge in [0, 0.05) is 25.1 Å². The molecular formula is C20H30N4O4. The second-order valence-electron chi connectivity index (χ2n) is 6.14. The third kappa shape index (κ3) is 5.09. The first-order valence-electron chi connectivity index (χ1n) is 9.50. The average Bonchev–Trinajstić information content (AvgIpc) is 3.12. The minimum Gasteiger partial charge on any atom is -0.502 e. The number of nitrogens with zero attached hydrogens (tertiary/aromatic N) is 2. The molecule has 1 aromatic carbocycles. The lowest BCUT2D eigenvalue weighted by atomic mass is 10.1. The lowest BCUT2D eigenvalue weighted by Gasteiger charge is -2.13. The van der Waals surface area contributed by atoms with Gasteiger partial charge in [0.05, 0.1) is 26.5 Å². The highest BCUT2D eigenvalue weighted by atomic mass is 16.5. The number of hydrogen-bond donors (Lipinski definition) is 3. The fraction of sp³-hybridized carbons (Fsp3) is 0.500. The van der Waals surface area contributed by atoms with Gasteiger partial charge in [-0.15, -0.1) is 0 Å². The van der Waals surface area contributed by atoms with Gasteiger partial charge in [-0.25, -0.2) is 4.99 Å². The van der Waals surface area contributed by atoms with Crippen LogP contribution in [0.4, 0.5) is 0 Å². The molecule has 28 heavy (non-hydrogen) atoms. The molecule has 8 heteroatoms. The Morgan fingerprint density at radius 2 is 1.79 bits per heavy atom. The average molecular weight is 390 g/mol. The minimum atomic E-state index is -0.0191. The molecule has 2 aromatic rings. The van der Waals surface area contributed by atoms with Crippen molar-refractivity contribution in [3.8, 4) is 17.2 Å². The lowest BCUT2D eigenvalue weighted by Crippen LogP contribution is -2.37. The SMILES string of the molecule is CCNC(=NCc1cc(OC)c(O)c(OC)c1)NCc1c(CC)noc1CC. The topological polar surface area (TPSA) is 101 Å². The number of aryl methyl sites for hydroxylation is 2. The van der Waals surface area contributed by atoms with Crippen LogP contribution in [0.25, 0.3) is 0 Å². The Morgan fingerprint density at radius 3 is 2.32 bits per heavy atom. The summed E-state index contributed by atoms with van der Waals surface area (Å²) in [5, 5.41) is 20.8. The Morgan fingerprint density at radius 1 is 1.11 bits per heavy atom. The van der Waals surface area contributed by atoms with Crippen LogP contribution in [0, 0.1) is 0 Å². The van der Waals surface area contributed by atoms with Gasteiger partial charge in [0.15, 0.2) is 17.5 Å². The maximum atomic E-state index is 10.0. The summed E-state index contributed by atoms with van der Waals surface area (Å²) >= 11 is 0. The molecule has 0 fully saturated rings. The van der Waals surface area contributed by atoms with Crippen molar-refractivity contribution in [2.75, 3.05) is 20.8 Å². The maximum absolute atomic E-state index is 10.0. The van der Waals surface area contributed by atoms with E-state index in [-0.39, 0.29) is 5.75 Å². The number of phenolic OH excluding ortho intramolecular Hbond substituents is 1. The van der Waals surface area contributed by atoms with Crippen LogP contribution in [0.5, 0.6) is 17.2 Å². The number of nitrogens with one attached hydrogen (secondary N) is 2. The molecule has 0 unspecified atom stereocenters. The molecule has 0 amide bonds. The molecule has 0 spiro atoms. The van der Waals surface area contributed by atoms with E-state index in [0.717, 1.165) is 42.0 Å². The molecule has 0 atom stereocenters. The number of aromatic hydroxyl groups is 1. The van der Waals surface area contributed by atoms with Crippen molar-refractivity contribution in [3.63, 3.8) is 0 Å². The molecule has 0 aliphatic carbocycles. The molecule has 8 nitrogen and oxygen atoms in total. The van der Waals surface area contributed by atoms with E-state index in [0.29, 0.717) is 30.5 Å². The fourth-order valence-corrected chi connectivity index (χ4v) is 2.86. The second-order valence-corrected chi connectivity index (χ2v) is 6.14. The summed E-state index contributed by atoms with van der Waals surface area (Å²) in [5.74, 6) is 2.26. The molecule has 0 saturated heterocycles. The Bertz CT molecular complexity index is 755. The summed E-state index contributed by atoms with van der Waals surface area (Å²) in [4.78, 5) is 4.63. The van der Waals surface area contributed by atoms with E-state index >= 15 is 0 Å². The molecule has 1 aromatic heterocycles. The van der Waals surface area contributed by atoms with Crippen molar-refractivity contribution >= 4 is 5.96 Å². The molecule has 2 rings (SSSR count). The van der Waals surface area contributed by atoms with Crippen LogP contribution in [-0.4, -0.2) is 37.0 Å². The van der Waals surface area contributed by atoms with E-state index < -0.39 is 0 Å². The van der Waals surface area contributed by atoms with E-state index in [1.54, 1.807) is 12.1 Å². The number of benzene rings is 1. The number of hydrogen-bond acceptors (Lipinski definition) is 6. The number of methoxy groups -OCH3 is 2. The summed E-state index contributed by atoms with van der Waals surface area (Å²) in [7, 11) is 3.01. The van der Waals surface area contributed by atoms with Crippen molar-refractivity contribution in [1.29, 1.82) is 0 Å². The predicted octanol–water partition coefficient (Wildman–Crippen LogP) is 2.78. The smallest absolute Gasteiger partial charge is 0.200 e. The van der Waals surface area contributed by atoms with Crippen LogP contribution in [0.2, 0.25) is 0 Å². The zero-order valence-corrected chi connectivity index (χ0v) is 17.3. The zero-order valence-electron chi connectivity index (χ0n) is 17.3. The van der Waals surface area contributed by atoms with Gasteiger partial charge in [-0.2, -0.15) is 0 Å². The van der Waals surface area contributed by atoms with Crippen molar-refractivity contribution in [3.05, 3.63) is 34.7 Å². The molecule has 3 N–H and O–H groups in total. The Kier molecular flexibility index (Phi) is 7.98. The van der Waals surface area contributed by atoms with Crippen LogP contribution in [0.3, 0.4) is 0 Å². The van der Waals surface area contributed by atoms with E-state index in [9.17, 15) is 5.11 Å². The highest BCUT2D eigenvalue weighted by Crippen LogP contribution is 2.37. The summed E-state index contributed by atoms with van der Waals surface area (Å²) in [6, 6.07) is 3.49. The third-order valence-corrected chi connectivity index (χ3v) is 4.34. The van der Waals surface area contributed by atoms with E-state index in [4.69, 9.17) is 14.0 Å². The summed E-state index contributed by atoms with van der Waals surface area (Å²) < 4.78 is 15.8. The molecule has 154 valence electrons. The molecule has 0 aliphatic heterocycles. The van der Waals surface area contributed by atoms with Gasteiger partial charge in [0.25, 0.3) is 0 Å². The summed E-state index contributed by atoms with van der Waals surface area (Å²) in [5.41, 5.74) is 2.91. The van der Waals surface area contributed by atoms with Crippen molar-refractivity contribution in [2.45, 2.75) is 46.7 Å². The zero-order chi connectivity index (χ0) is 20.5. The van der Waals surface area contributed by atoms with E-state index in [1.165, 1.54) is 14.2 Å². The molecule has 1 heterocycles. The van der Waals surface area contributed by atoms with E-state index in [1.807, 2.05) is 13.8 Å². The maximum Gasteiger partial charge on any atom is 0.200 e. The van der Waals surface area contributed by atoms with Gasteiger partial charge < -0.3 is 29.7 Å². The molecule has 0 aliphatic rings. The van der Waals surface area contributed by atoms with Gasteiger partial charge in [0.1, 0.15) is 5.76 Å². The van der Waals surface area contributed by atoms with E-state index in [2.05, 4.69) is 27.7 Å². The van der Waals surface area contributed by atoms with Gasteiger partial charge in [-0.3, -0.25) is 0 Å². The number of aromatic nitrogens is 1. The van der Waals surface area contributed by atoms with Crippen molar-refractivity contribution < 1.29 is 19.1 Å². The molecule has 0 bridgehead atoms. The van der Waals surface area contributed by atoms with Crippen LogP contribution in [-0.2, 0) is 25.9 Å². The third-order valence-electron chi connectivity index (χ3n) is 4.34. The number of phenols is 1. The lowest BCUT2D eigenvalue weighted by molar-refractivity contribution is 0.339. The first-order valence-corrected chi connectivity index (χ1v) is 9.50. The minimum absolute atomic E-state index is 0.0191. The highest BCUT2D eigenvalue weighted by Gasteiger charge is 2.14. The van der Waals surface area contributed by atoms with Gasteiger partial charge in [0.2, 0.25) is 5.75 Å². The standard InChI is InChI=1S/C20H30N4O4/c1-6-15-14(16(7-2)28-24-15)12-23-20(21-8-3)22-11-13-9-17(26-4)19(25)18(10-13)27-5/h9-10,25H,6-8,11-12H2,1-5H3,(H2,21,22,23). The largest absolute Gasteiger partial charge is 0.502 e. The van der Waals surface area contributed by atoms with Crippen LogP contribution < -0.4 is 20.1 Å². The Hall–Kier alpha value is -2.90. The number of ether oxygens (including phenoxy) is 2. The second kappa shape index (κ2) is 10.4. The first kappa shape index (κ1) is 21.4. The van der Waals surface area contributed by atoms with Crippen LogP contribution >= 0.6 is 0 Å². The summed E-state index contributed by atoms with van der Waals surface area (Å²) in [6.07, 6.45) is 1.62. The monoisotopic (exact) mass is 390 g/mol. The normalized spacial score (nSPS) is 11.4. The fourth-order valence-electron chi connectivity index (χ4n) is 2.86. The van der Waals surface area contributed by atoms with Gasteiger partial charge >= 0.3 is 0 Å². The number of guanidine groups is 1.